The van der Waals surface area contributed by atoms with Gasteiger partial charge in [-0.3, -0.25) is 0 Å². The molecule has 0 unspecified atom stereocenters. The van der Waals surface area contributed by atoms with Crippen molar-refractivity contribution in [2.45, 2.75) is 20.3 Å². The number of hydrogen-bond donors (Lipinski definition) is 1. The first kappa shape index (κ1) is 13.7. The molecule has 4 heteroatoms. The van der Waals surface area contributed by atoms with Crippen molar-refractivity contribution in [3.8, 4) is 11.3 Å². The van der Waals surface area contributed by atoms with Crippen LogP contribution in [0.2, 0.25) is 0 Å². The Morgan fingerprint density at radius 2 is 2.17 bits per heavy atom. The van der Waals surface area contributed by atoms with Crippen molar-refractivity contribution in [2.24, 2.45) is 11.1 Å². The number of benzene rings is 1. The van der Waals surface area contributed by atoms with Crippen LogP contribution in [0.1, 0.15) is 18.9 Å². The molecular weight excluding hydrogens is 308 g/mol. The van der Waals surface area contributed by atoms with Gasteiger partial charge in [0.15, 0.2) is 0 Å². The largest absolute Gasteiger partial charge is 0.330 e. The van der Waals surface area contributed by atoms with Gasteiger partial charge in [-0.1, -0.05) is 41.9 Å². The fraction of sp³-hybridized carbons (Fsp3) is 0.357. The molecule has 0 spiro atoms. The van der Waals surface area contributed by atoms with E-state index in [1.807, 2.05) is 12.1 Å². The van der Waals surface area contributed by atoms with Crippen molar-refractivity contribution in [1.82, 2.24) is 4.98 Å². The Balaban J connectivity index is 2.21. The summed E-state index contributed by atoms with van der Waals surface area (Å²) in [6.45, 7) is 5.03. The molecule has 1 aromatic heterocycles. The van der Waals surface area contributed by atoms with Crippen molar-refractivity contribution >= 4 is 27.3 Å². The van der Waals surface area contributed by atoms with E-state index in [-0.39, 0.29) is 5.41 Å². The Morgan fingerprint density at radius 3 is 2.83 bits per heavy atom. The van der Waals surface area contributed by atoms with Gasteiger partial charge in [-0.05, 0) is 24.1 Å². The molecule has 18 heavy (non-hydrogen) atoms. The molecule has 96 valence electrons. The van der Waals surface area contributed by atoms with Gasteiger partial charge in [0.2, 0.25) is 0 Å². The topological polar surface area (TPSA) is 38.9 Å². The molecule has 2 nitrogen and oxygen atoms in total. The lowest BCUT2D eigenvalue weighted by molar-refractivity contribution is 0.376. The van der Waals surface area contributed by atoms with Crippen LogP contribution in [0.3, 0.4) is 0 Å². The lowest BCUT2D eigenvalue weighted by Gasteiger charge is -2.20. The summed E-state index contributed by atoms with van der Waals surface area (Å²) in [5.74, 6) is 0. The Hall–Kier alpha value is -0.710. The summed E-state index contributed by atoms with van der Waals surface area (Å²) in [7, 11) is 0. The van der Waals surface area contributed by atoms with Gasteiger partial charge in [0.25, 0.3) is 0 Å². The molecule has 0 aliphatic heterocycles. The highest BCUT2D eigenvalue weighted by Crippen LogP contribution is 2.28. The average Bonchev–Trinajstić information content (AvgIpc) is 2.77. The lowest BCUT2D eigenvalue weighted by Crippen LogP contribution is -2.25. The summed E-state index contributed by atoms with van der Waals surface area (Å²) in [5.41, 5.74) is 8.08. The smallest absolute Gasteiger partial charge is 0.0938 e. The Bertz CT molecular complexity index is 534. The molecule has 0 aliphatic rings. The van der Waals surface area contributed by atoms with Crippen molar-refractivity contribution < 1.29 is 0 Å². The van der Waals surface area contributed by atoms with Crippen LogP contribution < -0.4 is 5.73 Å². The van der Waals surface area contributed by atoms with E-state index in [9.17, 15) is 0 Å². The van der Waals surface area contributed by atoms with Crippen molar-refractivity contribution in [3.63, 3.8) is 0 Å². The highest BCUT2D eigenvalue weighted by molar-refractivity contribution is 9.10. The van der Waals surface area contributed by atoms with Crippen molar-refractivity contribution in [2.75, 3.05) is 6.54 Å². The van der Waals surface area contributed by atoms with Crippen LogP contribution >= 0.6 is 27.3 Å². The Morgan fingerprint density at radius 1 is 1.39 bits per heavy atom. The summed E-state index contributed by atoms with van der Waals surface area (Å²) in [5, 5.41) is 3.27. The van der Waals surface area contributed by atoms with E-state index in [2.05, 4.69) is 47.3 Å². The first-order valence-electron chi connectivity index (χ1n) is 5.90. The fourth-order valence-corrected chi connectivity index (χ4v) is 3.11. The minimum Gasteiger partial charge on any atom is -0.330 e. The van der Waals surface area contributed by atoms with E-state index in [1.54, 1.807) is 11.3 Å². The maximum Gasteiger partial charge on any atom is 0.0938 e. The SMILES string of the molecule is CC(C)(CN)Cc1nc(-c2cccc(Br)c2)cs1. The van der Waals surface area contributed by atoms with Gasteiger partial charge in [-0.25, -0.2) is 4.98 Å². The highest BCUT2D eigenvalue weighted by Gasteiger charge is 2.18. The zero-order valence-electron chi connectivity index (χ0n) is 10.6. The predicted molar refractivity (Wildman–Crippen MR) is 81.8 cm³/mol. The molecule has 1 aromatic carbocycles. The van der Waals surface area contributed by atoms with Crippen LogP contribution in [0.5, 0.6) is 0 Å². The zero-order chi connectivity index (χ0) is 13.2. The van der Waals surface area contributed by atoms with Crippen LogP contribution in [0.25, 0.3) is 11.3 Å². The number of nitrogens with zero attached hydrogens (tertiary/aromatic N) is 1. The molecule has 0 bridgehead atoms. The number of rotatable bonds is 4. The maximum atomic E-state index is 5.76. The fourth-order valence-electron chi connectivity index (χ4n) is 1.65. The first-order valence-corrected chi connectivity index (χ1v) is 7.58. The third-order valence-electron chi connectivity index (χ3n) is 2.85. The molecule has 0 saturated carbocycles. The molecular formula is C14H17BrN2S. The highest BCUT2D eigenvalue weighted by atomic mass is 79.9. The number of nitrogens with two attached hydrogens (primary N) is 1. The molecule has 1 heterocycles. The summed E-state index contributed by atoms with van der Waals surface area (Å²) in [4.78, 5) is 4.70. The maximum absolute atomic E-state index is 5.76. The number of thiazole rings is 1. The Labute approximate surface area is 120 Å². The van der Waals surface area contributed by atoms with Crippen molar-refractivity contribution in [1.29, 1.82) is 0 Å². The van der Waals surface area contributed by atoms with E-state index < -0.39 is 0 Å². The van der Waals surface area contributed by atoms with Crippen LogP contribution in [0, 0.1) is 5.41 Å². The van der Waals surface area contributed by atoms with Gasteiger partial charge >= 0.3 is 0 Å². The van der Waals surface area contributed by atoms with Crippen LogP contribution in [-0.4, -0.2) is 11.5 Å². The molecule has 0 aliphatic carbocycles. The molecule has 0 amide bonds. The van der Waals surface area contributed by atoms with Crippen LogP contribution in [0.4, 0.5) is 0 Å². The van der Waals surface area contributed by atoms with Gasteiger partial charge in [-0.15, -0.1) is 11.3 Å². The Kier molecular flexibility index (Phi) is 4.20. The number of hydrogen-bond acceptors (Lipinski definition) is 3. The second kappa shape index (κ2) is 5.51. The minimum absolute atomic E-state index is 0.117. The number of halogens is 1. The van der Waals surface area contributed by atoms with Gasteiger partial charge in [0.1, 0.15) is 0 Å². The first-order chi connectivity index (χ1) is 8.50. The van der Waals surface area contributed by atoms with Gasteiger partial charge in [0.05, 0.1) is 10.7 Å². The minimum atomic E-state index is 0.117. The standard InChI is InChI=1S/C14H17BrN2S/c1-14(2,9-16)7-13-17-12(8-18-13)10-4-3-5-11(15)6-10/h3-6,8H,7,9,16H2,1-2H3. The predicted octanol–water partition coefficient (Wildman–Crippen LogP) is 4.10. The molecule has 2 N–H and O–H groups in total. The monoisotopic (exact) mass is 324 g/mol. The average molecular weight is 325 g/mol. The quantitative estimate of drug-likeness (QED) is 0.919. The second-order valence-corrected chi connectivity index (χ2v) is 7.04. The van der Waals surface area contributed by atoms with Crippen LogP contribution in [-0.2, 0) is 6.42 Å². The number of aromatic nitrogens is 1. The van der Waals surface area contributed by atoms with Crippen LogP contribution in [0.15, 0.2) is 34.1 Å². The third-order valence-corrected chi connectivity index (χ3v) is 4.20. The summed E-state index contributed by atoms with van der Waals surface area (Å²) in [6.07, 6.45) is 0.933. The van der Waals surface area contributed by atoms with Gasteiger partial charge in [-0.2, -0.15) is 0 Å². The zero-order valence-corrected chi connectivity index (χ0v) is 13.0. The molecule has 0 atom stereocenters. The van der Waals surface area contributed by atoms with E-state index in [0.29, 0.717) is 6.54 Å². The molecule has 0 radical (unpaired) electrons. The van der Waals surface area contributed by atoms with E-state index in [4.69, 9.17) is 10.7 Å². The van der Waals surface area contributed by atoms with E-state index in [0.717, 1.165) is 27.2 Å². The summed E-state index contributed by atoms with van der Waals surface area (Å²) in [6, 6.07) is 8.22. The van der Waals surface area contributed by atoms with Gasteiger partial charge < -0.3 is 5.73 Å². The molecule has 2 rings (SSSR count). The summed E-state index contributed by atoms with van der Waals surface area (Å²) < 4.78 is 1.08. The second-order valence-electron chi connectivity index (χ2n) is 5.18. The van der Waals surface area contributed by atoms with Gasteiger partial charge in [0, 0.05) is 21.8 Å². The van der Waals surface area contributed by atoms with Crippen molar-refractivity contribution in [3.05, 3.63) is 39.1 Å². The molecule has 0 saturated heterocycles. The van der Waals surface area contributed by atoms with E-state index in [1.165, 1.54) is 0 Å². The van der Waals surface area contributed by atoms with E-state index >= 15 is 0 Å². The third kappa shape index (κ3) is 3.40. The molecule has 0 fully saturated rings. The molecule has 2 aromatic rings. The normalized spacial score (nSPS) is 11.8. The lowest BCUT2D eigenvalue weighted by atomic mass is 9.90. The summed E-state index contributed by atoms with van der Waals surface area (Å²) >= 11 is 5.20.